The molecule has 0 radical (unpaired) electrons. The molecule has 0 bridgehead atoms. The summed E-state index contributed by atoms with van der Waals surface area (Å²) in [6.45, 7) is 8.99. The van der Waals surface area contributed by atoms with Crippen LogP contribution in [0, 0.1) is 5.41 Å². The van der Waals surface area contributed by atoms with Gasteiger partial charge in [0.25, 0.3) is 0 Å². The molecule has 0 aliphatic rings. The number of amides is 1. The molecule has 28 heavy (non-hydrogen) atoms. The second-order valence-electron chi connectivity index (χ2n) is 7.74. The normalized spacial score (nSPS) is 13.8. The van der Waals surface area contributed by atoms with Gasteiger partial charge in [-0.05, 0) is 24.0 Å². The third kappa shape index (κ3) is 8.19. The summed E-state index contributed by atoms with van der Waals surface area (Å²) in [5.74, 6) is 0.535. The van der Waals surface area contributed by atoms with Crippen molar-refractivity contribution in [3.8, 4) is 0 Å². The molecule has 1 rings (SSSR count). The minimum absolute atomic E-state index is 0.0211. The summed E-state index contributed by atoms with van der Waals surface area (Å²) in [7, 11) is 1.64. The molecule has 0 aliphatic carbocycles. The molecule has 0 aromatic heterocycles. The van der Waals surface area contributed by atoms with Gasteiger partial charge in [-0.1, -0.05) is 45.9 Å². The van der Waals surface area contributed by atoms with Crippen LogP contribution in [0.1, 0.15) is 51.2 Å². The summed E-state index contributed by atoms with van der Waals surface area (Å²) >= 11 is 0. The maximum atomic E-state index is 12.8. The van der Waals surface area contributed by atoms with E-state index in [9.17, 15) is 18.0 Å². The molecule has 8 heteroatoms. The number of nitrogens with one attached hydrogen (secondary N) is 3. The van der Waals surface area contributed by atoms with Crippen molar-refractivity contribution in [3.05, 3.63) is 35.4 Å². The zero-order valence-corrected chi connectivity index (χ0v) is 17.2. The van der Waals surface area contributed by atoms with Gasteiger partial charge >= 0.3 is 6.18 Å². The number of aliphatic imine (C=N–C) groups is 1. The van der Waals surface area contributed by atoms with Crippen LogP contribution in [0.3, 0.4) is 0 Å². The van der Waals surface area contributed by atoms with Gasteiger partial charge in [-0.15, -0.1) is 0 Å². The predicted octanol–water partition coefficient (Wildman–Crippen LogP) is 3.53. The lowest BCUT2D eigenvalue weighted by molar-refractivity contribution is -0.137. The number of rotatable bonds is 7. The Morgan fingerprint density at radius 3 is 2.25 bits per heavy atom. The van der Waals surface area contributed by atoms with Crippen LogP contribution < -0.4 is 16.0 Å². The Morgan fingerprint density at radius 1 is 1.07 bits per heavy atom. The first-order valence-corrected chi connectivity index (χ1v) is 9.35. The summed E-state index contributed by atoms with van der Waals surface area (Å²) in [5.41, 5.74) is -0.400. The minimum Gasteiger partial charge on any atom is -0.356 e. The first kappa shape index (κ1) is 23.8. The molecule has 3 N–H and O–H groups in total. The number of carbonyl (C=O) groups is 1. The van der Waals surface area contributed by atoms with E-state index >= 15 is 0 Å². The van der Waals surface area contributed by atoms with Gasteiger partial charge in [0.2, 0.25) is 5.91 Å². The molecule has 5 nitrogen and oxygen atoms in total. The minimum atomic E-state index is -4.33. The molecule has 1 aromatic rings. The van der Waals surface area contributed by atoms with Crippen molar-refractivity contribution < 1.29 is 18.0 Å². The SMILES string of the molecule is CN=C(NCCNC(=O)C(C)(C)C)NCCC(C)c1cccc(C(F)(F)F)c1. The van der Waals surface area contributed by atoms with Crippen LogP contribution in [0.25, 0.3) is 0 Å². The number of guanidine groups is 1. The highest BCUT2D eigenvalue weighted by Crippen LogP contribution is 2.31. The smallest absolute Gasteiger partial charge is 0.356 e. The Labute approximate surface area is 165 Å². The van der Waals surface area contributed by atoms with Crippen LogP contribution in [0.15, 0.2) is 29.3 Å². The van der Waals surface area contributed by atoms with E-state index in [2.05, 4.69) is 20.9 Å². The van der Waals surface area contributed by atoms with Crippen molar-refractivity contribution in [2.24, 2.45) is 10.4 Å². The maximum absolute atomic E-state index is 12.8. The molecule has 0 fully saturated rings. The maximum Gasteiger partial charge on any atom is 0.416 e. The predicted molar refractivity (Wildman–Crippen MR) is 106 cm³/mol. The molecule has 0 saturated heterocycles. The van der Waals surface area contributed by atoms with Crippen LogP contribution in [0.2, 0.25) is 0 Å². The van der Waals surface area contributed by atoms with Crippen molar-refractivity contribution in [3.63, 3.8) is 0 Å². The molecule has 0 heterocycles. The fraction of sp³-hybridized carbons (Fsp3) is 0.600. The quantitative estimate of drug-likeness (QED) is 0.373. The summed E-state index contributed by atoms with van der Waals surface area (Å²) in [6, 6.07) is 5.44. The van der Waals surface area contributed by atoms with Gasteiger partial charge in [0, 0.05) is 32.1 Å². The summed E-state index contributed by atoms with van der Waals surface area (Å²) in [5, 5.41) is 9.07. The van der Waals surface area contributed by atoms with E-state index in [0.717, 1.165) is 6.07 Å². The van der Waals surface area contributed by atoms with E-state index in [1.165, 1.54) is 12.1 Å². The largest absolute Gasteiger partial charge is 0.416 e. The molecule has 1 amide bonds. The number of nitrogens with zero attached hydrogens (tertiary/aromatic N) is 1. The first-order valence-electron chi connectivity index (χ1n) is 9.35. The Hall–Kier alpha value is -2.25. The van der Waals surface area contributed by atoms with Crippen molar-refractivity contribution in [2.75, 3.05) is 26.7 Å². The molecule has 0 saturated carbocycles. The van der Waals surface area contributed by atoms with Crippen molar-refractivity contribution >= 4 is 11.9 Å². The van der Waals surface area contributed by atoms with E-state index < -0.39 is 17.2 Å². The van der Waals surface area contributed by atoms with Gasteiger partial charge in [0.05, 0.1) is 5.56 Å². The van der Waals surface area contributed by atoms with E-state index in [-0.39, 0.29) is 11.8 Å². The van der Waals surface area contributed by atoms with Gasteiger partial charge < -0.3 is 16.0 Å². The van der Waals surface area contributed by atoms with Gasteiger partial charge in [0.15, 0.2) is 5.96 Å². The van der Waals surface area contributed by atoms with E-state index in [1.807, 2.05) is 27.7 Å². The standard InChI is InChI=1S/C20H31F3N4O/c1-14(15-7-6-8-16(13-15)20(21,22)23)9-10-26-18(24-5)27-12-11-25-17(28)19(2,3)4/h6-8,13-14H,9-12H2,1-5H3,(H,25,28)(H2,24,26,27). The highest BCUT2D eigenvalue weighted by molar-refractivity contribution is 5.81. The zero-order valence-electron chi connectivity index (χ0n) is 17.2. The molecule has 1 unspecified atom stereocenters. The summed E-state index contributed by atoms with van der Waals surface area (Å²) in [4.78, 5) is 15.9. The Morgan fingerprint density at radius 2 is 1.68 bits per heavy atom. The highest BCUT2D eigenvalue weighted by atomic mass is 19.4. The molecule has 158 valence electrons. The lowest BCUT2D eigenvalue weighted by Crippen LogP contribution is -2.43. The summed E-state index contributed by atoms with van der Waals surface area (Å²) in [6.07, 6.45) is -3.68. The van der Waals surface area contributed by atoms with E-state index in [4.69, 9.17) is 0 Å². The van der Waals surface area contributed by atoms with Crippen LogP contribution in [-0.4, -0.2) is 38.5 Å². The monoisotopic (exact) mass is 400 g/mol. The molecule has 1 aromatic carbocycles. The van der Waals surface area contributed by atoms with Crippen LogP contribution >= 0.6 is 0 Å². The fourth-order valence-corrected chi connectivity index (χ4v) is 2.44. The van der Waals surface area contributed by atoms with Crippen LogP contribution in [0.4, 0.5) is 13.2 Å². The molecule has 1 atom stereocenters. The van der Waals surface area contributed by atoms with Crippen molar-refractivity contribution in [1.82, 2.24) is 16.0 Å². The lowest BCUT2D eigenvalue weighted by atomic mass is 9.96. The summed E-state index contributed by atoms with van der Waals surface area (Å²) < 4.78 is 38.5. The molecular weight excluding hydrogens is 369 g/mol. The zero-order chi connectivity index (χ0) is 21.4. The number of benzene rings is 1. The lowest BCUT2D eigenvalue weighted by Gasteiger charge is -2.19. The van der Waals surface area contributed by atoms with Crippen LogP contribution in [-0.2, 0) is 11.0 Å². The average molecular weight is 400 g/mol. The van der Waals surface area contributed by atoms with Gasteiger partial charge in [-0.3, -0.25) is 9.79 Å². The molecular formula is C20H31F3N4O. The Kier molecular flexibility index (Phi) is 8.78. The highest BCUT2D eigenvalue weighted by Gasteiger charge is 2.30. The third-order valence-corrected chi connectivity index (χ3v) is 4.26. The van der Waals surface area contributed by atoms with Crippen molar-refractivity contribution in [2.45, 2.75) is 46.2 Å². The number of hydrogen-bond acceptors (Lipinski definition) is 2. The number of alkyl halides is 3. The van der Waals surface area contributed by atoms with Crippen molar-refractivity contribution in [1.29, 1.82) is 0 Å². The molecule has 0 aliphatic heterocycles. The fourth-order valence-electron chi connectivity index (χ4n) is 2.44. The first-order chi connectivity index (χ1) is 12.9. The van der Waals surface area contributed by atoms with Crippen LogP contribution in [0.5, 0.6) is 0 Å². The topological polar surface area (TPSA) is 65.5 Å². The Balaban J connectivity index is 2.40. The van der Waals surface area contributed by atoms with Gasteiger partial charge in [-0.2, -0.15) is 13.2 Å². The average Bonchev–Trinajstić information content (AvgIpc) is 2.61. The second-order valence-corrected chi connectivity index (χ2v) is 7.74. The van der Waals surface area contributed by atoms with E-state index in [1.54, 1.807) is 13.1 Å². The second kappa shape index (κ2) is 10.3. The number of halogens is 3. The van der Waals surface area contributed by atoms with Gasteiger partial charge in [0.1, 0.15) is 0 Å². The Bertz CT molecular complexity index is 666. The third-order valence-electron chi connectivity index (χ3n) is 4.26. The van der Waals surface area contributed by atoms with E-state index in [0.29, 0.717) is 37.6 Å². The number of hydrogen-bond donors (Lipinski definition) is 3. The number of carbonyl (C=O) groups excluding carboxylic acids is 1. The van der Waals surface area contributed by atoms with Gasteiger partial charge in [-0.25, -0.2) is 0 Å². The molecule has 0 spiro atoms.